The predicted octanol–water partition coefficient (Wildman–Crippen LogP) is 3.36. The Labute approximate surface area is 132 Å². The predicted molar refractivity (Wildman–Crippen MR) is 84.5 cm³/mol. The van der Waals surface area contributed by atoms with E-state index in [-0.39, 0.29) is 16.6 Å². The van der Waals surface area contributed by atoms with Gasteiger partial charge in [-0.05, 0) is 31.0 Å². The van der Waals surface area contributed by atoms with Crippen LogP contribution in [0.15, 0.2) is 24.3 Å². The largest absolute Gasteiger partial charge is 0.448 e. The van der Waals surface area contributed by atoms with E-state index in [2.05, 4.69) is 5.32 Å². The van der Waals surface area contributed by atoms with Crippen LogP contribution in [0.1, 0.15) is 30.4 Å². The number of rotatable bonds is 5. The fourth-order valence-corrected chi connectivity index (χ4v) is 2.80. The lowest BCUT2D eigenvalue weighted by molar-refractivity contribution is -0.129. The number of benzene rings is 1. The maximum atomic E-state index is 13.6. The Balaban J connectivity index is 2.04. The summed E-state index contributed by atoms with van der Waals surface area (Å²) in [6, 6.07) is 6.12. The number of hydrogen-bond acceptors (Lipinski definition) is 4. The van der Waals surface area contributed by atoms with E-state index in [1.165, 1.54) is 19.1 Å². The second-order valence-electron chi connectivity index (χ2n) is 5.45. The zero-order valence-electron chi connectivity index (χ0n) is 12.7. The molecular formula is C16H18FNO3S. The summed E-state index contributed by atoms with van der Waals surface area (Å²) in [7, 11) is 0. The van der Waals surface area contributed by atoms with Crippen LogP contribution in [-0.4, -0.2) is 24.5 Å². The number of carbonyl (C=O) groups excluding carboxylic acids is 2. The van der Waals surface area contributed by atoms with Crippen molar-refractivity contribution in [1.29, 1.82) is 0 Å². The van der Waals surface area contributed by atoms with Crippen LogP contribution in [0.3, 0.4) is 0 Å². The Morgan fingerprint density at radius 1 is 1.32 bits per heavy atom. The van der Waals surface area contributed by atoms with Gasteiger partial charge in [-0.15, -0.1) is 11.3 Å². The van der Waals surface area contributed by atoms with Crippen LogP contribution in [0.25, 0.3) is 10.1 Å². The van der Waals surface area contributed by atoms with E-state index in [0.29, 0.717) is 22.5 Å². The highest BCUT2D eigenvalue weighted by atomic mass is 32.1. The lowest BCUT2D eigenvalue weighted by Crippen LogP contribution is -2.37. The van der Waals surface area contributed by atoms with Crippen LogP contribution >= 0.6 is 11.3 Å². The standard InChI is InChI=1S/C16H18FNO3S/c1-9(2)8-18-15(19)10(3)21-16(20)14-7-11-12(17)5-4-6-13(11)22-14/h4-7,9-10H,8H2,1-3H3,(H,18,19)/t10-/m0/s1. The van der Waals surface area contributed by atoms with Gasteiger partial charge in [-0.1, -0.05) is 19.9 Å². The monoisotopic (exact) mass is 323 g/mol. The molecule has 0 radical (unpaired) electrons. The van der Waals surface area contributed by atoms with Gasteiger partial charge in [0, 0.05) is 16.6 Å². The Bertz CT molecular complexity index is 696. The molecule has 6 heteroatoms. The van der Waals surface area contributed by atoms with Crippen LogP contribution in [0, 0.1) is 11.7 Å². The molecule has 0 aliphatic heterocycles. The van der Waals surface area contributed by atoms with E-state index in [4.69, 9.17) is 4.74 Å². The van der Waals surface area contributed by atoms with Gasteiger partial charge in [0.05, 0.1) is 0 Å². The van der Waals surface area contributed by atoms with Crippen molar-refractivity contribution in [3.8, 4) is 0 Å². The van der Waals surface area contributed by atoms with Gasteiger partial charge in [0.1, 0.15) is 10.7 Å². The van der Waals surface area contributed by atoms with Gasteiger partial charge >= 0.3 is 5.97 Å². The topological polar surface area (TPSA) is 55.4 Å². The van der Waals surface area contributed by atoms with Crippen molar-refractivity contribution < 1.29 is 18.7 Å². The third-order valence-electron chi connectivity index (χ3n) is 3.05. The Kier molecular flexibility index (Phi) is 5.13. The lowest BCUT2D eigenvalue weighted by Gasteiger charge is -2.13. The lowest BCUT2D eigenvalue weighted by atomic mass is 10.2. The van der Waals surface area contributed by atoms with Crippen molar-refractivity contribution in [3.05, 3.63) is 35.0 Å². The molecule has 1 N–H and O–H groups in total. The summed E-state index contributed by atoms with van der Waals surface area (Å²) in [5.74, 6) is -1.02. The Morgan fingerprint density at radius 3 is 2.68 bits per heavy atom. The summed E-state index contributed by atoms with van der Waals surface area (Å²) in [5.41, 5.74) is 0. The highest BCUT2D eigenvalue weighted by molar-refractivity contribution is 7.20. The minimum absolute atomic E-state index is 0.281. The summed E-state index contributed by atoms with van der Waals surface area (Å²) < 4.78 is 19.4. The molecule has 0 aliphatic rings. The van der Waals surface area contributed by atoms with Gasteiger partial charge in [0.25, 0.3) is 5.91 Å². The molecule has 1 aromatic heterocycles. The second kappa shape index (κ2) is 6.87. The van der Waals surface area contributed by atoms with Gasteiger partial charge in [-0.3, -0.25) is 4.79 Å². The van der Waals surface area contributed by atoms with Gasteiger partial charge < -0.3 is 10.1 Å². The van der Waals surface area contributed by atoms with Gasteiger partial charge in [0.2, 0.25) is 0 Å². The molecule has 1 amide bonds. The first-order chi connectivity index (χ1) is 10.4. The molecule has 0 saturated heterocycles. The smallest absolute Gasteiger partial charge is 0.349 e. The number of carbonyl (C=O) groups is 2. The highest BCUT2D eigenvalue weighted by Crippen LogP contribution is 2.28. The average Bonchev–Trinajstić information content (AvgIpc) is 2.90. The van der Waals surface area contributed by atoms with Crippen LogP contribution in [-0.2, 0) is 9.53 Å². The SMILES string of the molecule is CC(C)CNC(=O)[C@H](C)OC(=O)c1cc2c(F)cccc2s1. The Morgan fingerprint density at radius 2 is 2.05 bits per heavy atom. The molecule has 1 atom stereocenters. The van der Waals surface area contributed by atoms with E-state index in [1.807, 2.05) is 13.8 Å². The summed E-state index contributed by atoms with van der Waals surface area (Å²) in [5, 5.41) is 3.09. The molecule has 0 unspecified atom stereocenters. The fraction of sp³-hybridized carbons (Fsp3) is 0.375. The molecule has 0 spiro atoms. The first-order valence-corrected chi connectivity index (χ1v) is 7.87. The summed E-state index contributed by atoms with van der Waals surface area (Å²) >= 11 is 1.15. The van der Waals surface area contributed by atoms with Crippen LogP contribution in [0.2, 0.25) is 0 Å². The molecule has 0 bridgehead atoms. The zero-order valence-corrected chi connectivity index (χ0v) is 13.5. The van der Waals surface area contributed by atoms with E-state index >= 15 is 0 Å². The molecule has 0 aliphatic carbocycles. The number of hydrogen-bond donors (Lipinski definition) is 1. The number of esters is 1. The molecule has 2 rings (SSSR count). The Hall–Kier alpha value is -1.95. The number of amides is 1. The van der Waals surface area contributed by atoms with Crippen molar-refractivity contribution >= 4 is 33.3 Å². The average molecular weight is 323 g/mol. The van der Waals surface area contributed by atoms with E-state index in [9.17, 15) is 14.0 Å². The summed E-state index contributed by atoms with van der Waals surface area (Å²) in [4.78, 5) is 24.1. The molecule has 118 valence electrons. The fourth-order valence-electron chi connectivity index (χ4n) is 1.85. The maximum absolute atomic E-state index is 13.6. The second-order valence-corrected chi connectivity index (χ2v) is 6.53. The minimum Gasteiger partial charge on any atom is -0.448 e. The normalized spacial score (nSPS) is 12.4. The van der Waals surface area contributed by atoms with Gasteiger partial charge in [-0.25, -0.2) is 9.18 Å². The third kappa shape index (κ3) is 3.82. The third-order valence-corrected chi connectivity index (χ3v) is 4.13. The first kappa shape index (κ1) is 16.4. The van der Waals surface area contributed by atoms with Crippen molar-refractivity contribution in [2.24, 2.45) is 5.92 Å². The minimum atomic E-state index is -0.888. The van der Waals surface area contributed by atoms with Gasteiger partial charge in [-0.2, -0.15) is 0 Å². The molecule has 1 heterocycles. The number of halogens is 1. The van der Waals surface area contributed by atoms with Crippen LogP contribution < -0.4 is 5.32 Å². The number of fused-ring (bicyclic) bond motifs is 1. The number of thiophene rings is 1. The zero-order chi connectivity index (χ0) is 16.3. The summed E-state index contributed by atoms with van der Waals surface area (Å²) in [6.07, 6.45) is -0.888. The molecule has 1 aromatic carbocycles. The quantitative estimate of drug-likeness (QED) is 0.859. The maximum Gasteiger partial charge on any atom is 0.349 e. The van der Waals surface area contributed by atoms with E-state index in [0.717, 1.165) is 11.3 Å². The molecule has 2 aromatic rings. The molecule has 22 heavy (non-hydrogen) atoms. The molecule has 0 fully saturated rings. The van der Waals surface area contributed by atoms with E-state index in [1.54, 1.807) is 12.1 Å². The molecule has 4 nitrogen and oxygen atoms in total. The van der Waals surface area contributed by atoms with E-state index < -0.39 is 12.1 Å². The summed E-state index contributed by atoms with van der Waals surface area (Å²) in [6.45, 7) is 5.99. The van der Waals surface area contributed by atoms with Crippen molar-refractivity contribution in [2.75, 3.05) is 6.54 Å². The first-order valence-electron chi connectivity index (χ1n) is 7.05. The van der Waals surface area contributed by atoms with Crippen LogP contribution in [0.5, 0.6) is 0 Å². The van der Waals surface area contributed by atoms with Crippen molar-refractivity contribution in [1.82, 2.24) is 5.32 Å². The van der Waals surface area contributed by atoms with Crippen molar-refractivity contribution in [2.45, 2.75) is 26.9 Å². The molecule has 0 saturated carbocycles. The highest BCUT2D eigenvalue weighted by Gasteiger charge is 2.20. The van der Waals surface area contributed by atoms with Crippen LogP contribution in [0.4, 0.5) is 4.39 Å². The van der Waals surface area contributed by atoms with Crippen molar-refractivity contribution in [3.63, 3.8) is 0 Å². The number of nitrogens with one attached hydrogen (secondary N) is 1. The number of ether oxygens (including phenoxy) is 1. The van der Waals surface area contributed by atoms with Gasteiger partial charge in [0.15, 0.2) is 6.10 Å². The molecular weight excluding hydrogens is 305 g/mol.